The Balaban J connectivity index is 2.28. The van der Waals surface area contributed by atoms with Gasteiger partial charge in [-0.3, -0.25) is 0 Å². The zero-order chi connectivity index (χ0) is 13.1. The summed E-state index contributed by atoms with van der Waals surface area (Å²) >= 11 is 4.97. The van der Waals surface area contributed by atoms with Gasteiger partial charge >= 0.3 is 0 Å². The van der Waals surface area contributed by atoms with Gasteiger partial charge in [0.25, 0.3) is 0 Å². The molecular weight excluding hydrogens is 310 g/mol. The normalized spacial score (nSPS) is 14.4. The van der Waals surface area contributed by atoms with E-state index in [2.05, 4.69) is 22.0 Å². The fraction of sp³-hybridized carbons (Fsp3) is 0.286. The molecule has 2 rings (SSSR count). The number of nitrogens with two attached hydrogens (primary N) is 1. The van der Waals surface area contributed by atoms with Gasteiger partial charge in [0.2, 0.25) is 0 Å². The molecule has 96 valence electrons. The number of thiophene rings is 1. The maximum absolute atomic E-state index is 10.4. The smallest absolute Gasteiger partial charge is 0.0962 e. The average Bonchev–Trinajstić information content (AvgIpc) is 2.77. The Morgan fingerprint density at radius 2 is 2.11 bits per heavy atom. The van der Waals surface area contributed by atoms with Crippen LogP contribution >= 0.6 is 27.3 Å². The van der Waals surface area contributed by atoms with Crippen LogP contribution in [0.15, 0.2) is 40.2 Å². The molecule has 0 fully saturated rings. The van der Waals surface area contributed by atoms with Crippen molar-refractivity contribution in [2.45, 2.75) is 18.9 Å². The molecule has 1 aromatic heterocycles. The molecule has 0 saturated heterocycles. The third-order valence-corrected chi connectivity index (χ3v) is 4.69. The molecule has 2 aromatic rings. The van der Waals surface area contributed by atoms with Crippen molar-refractivity contribution in [3.63, 3.8) is 0 Å². The van der Waals surface area contributed by atoms with E-state index in [9.17, 15) is 5.11 Å². The maximum atomic E-state index is 10.4. The van der Waals surface area contributed by atoms with Crippen LogP contribution in [-0.2, 0) is 0 Å². The molecule has 3 N–H and O–H groups in total. The summed E-state index contributed by atoms with van der Waals surface area (Å²) in [5, 5.41) is 10.4. The molecule has 0 bridgehead atoms. The molecule has 0 saturated carbocycles. The number of aliphatic hydroxyl groups excluding tert-OH is 1. The number of rotatable bonds is 4. The molecule has 2 atom stereocenters. The zero-order valence-corrected chi connectivity index (χ0v) is 12.5. The van der Waals surface area contributed by atoms with E-state index in [1.165, 1.54) is 5.56 Å². The highest BCUT2D eigenvalue weighted by molar-refractivity contribution is 9.11. The Morgan fingerprint density at radius 3 is 2.67 bits per heavy atom. The highest BCUT2D eigenvalue weighted by atomic mass is 79.9. The predicted molar refractivity (Wildman–Crippen MR) is 80.0 cm³/mol. The predicted octanol–water partition coefficient (Wildman–Crippen LogP) is 3.59. The van der Waals surface area contributed by atoms with Crippen LogP contribution < -0.4 is 5.73 Å². The minimum atomic E-state index is -0.548. The van der Waals surface area contributed by atoms with Crippen LogP contribution in [0.25, 0.3) is 0 Å². The van der Waals surface area contributed by atoms with E-state index in [1.807, 2.05) is 37.3 Å². The molecule has 0 amide bonds. The van der Waals surface area contributed by atoms with Crippen LogP contribution in [0.1, 0.15) is 28.0 Å². The summed E-state index contributed by atoms with van der Waals surface area (Å²) in [5.41, 5.74) is 8.11. The molecule has 1 aromatic carbocycles. The summed E-state index contributed by atoms with van der Waals surface area (Å²) in [4.78, 5) is 0.943. The second kappa shape index (κ2) is 5.97. The topological polar surface area (TPSA) is 46.2 Å². The first-order valence-corrected chi connectivity index (χ1v) is 7.42. The molecule has 4 heteroatoms. The molecule has 0 aliphatic heterocycles. The summed E-state index contributed by atoms with van der Waals surface area (Å²) in [6.45, 7) is 2.48. The molecule has 18 heavy (non-hydrogen) atoms. The first-order valence-electron chi connectivity index (χ1n) is 5.81. The summed E-state index contributed by atoms with van der Waals surface area (Å²) in [6.07, 6.45) is -0.548. The van der Waals surface area contributed by atoms with Gasteiger partial charge in [-0.05, 0) is 40.5 Å². The summed E-state index contributed by atoms with van der Waals surface area (Å²) < 4.78 is 1.02. The van der Waals surface area contributed by atoms with Crippen molar-refractivity contribution >= 4 is 27.3 Å². The lowest BCUT2D eigenvalue weighted by Gasteiger charge is -2.21. The summed E-state index contributed by atoms with van der Waals surface area (Å²) in [5.74, 6) is -0.0598. The van der Waals surface area contributed by atoms with E-state index >= 15 is 0 Å². The minimum Gasteiger partial charge on any atom is -0.387 e. The number of hydrogen-bond donors (Lipinski definition) is 2. The van der Waals surface area contributed by atoms with E-state index in [1.54, 1.807) is 11.3 Å². The van der Waals surface area contributed by atoms with Crippen molar-refractivity contribution in [3.05, 3.63) is 56.2 Å². The average molecular weight is 326 g/mol. The van der Waals surface area contributed by atoms with Crippen LogP contribution in [-0.4, -0.2) is 11.7 Å². The Bertz CT molecular complexity index is 526. The zero-order valence-electron chi connectivity index (χ0n) is 10.1. The minimum absolute atomic E-state index is 0.0598. The quantitative estimate of drug-likeness (QED) is 0.902. The van der Waals surface area contributed by atoms with E-state index < -0.39 is 6.10 Å². The molecule has 2 unspecified atom stereocenters. The summed E-state index contributed by atoms with van der Waals surface area (Å²) in [6, 6.07) is 12.1. The molecular formula is C14H16BrNOS. The molecule has 0 aliphatic rings. The van der Waals surface area contributed by atoms with Gasteiger partial charge in [-0.15, -0.1) is 11.3 Å². The lowest BCUT2D eigenvalue weighted by molar-refractivity contribution is 0.151. The van der Waals surface area contributed by atoms with E-state index in [0.29, 0.717) is 6.54 Å². The van der Waals surface area contributed by atoms with Crippen molar-refractivity contribution < 1.29 is 5.11 Å². The van der Waals surface area contributed by atoms with Gasteiger partial charge in [0.1, 0.15) is 0 Å². The second-order valence-corrected chi connectivity index (χ2v) is 6.84. The third-order valence-electron chi connectivity index (χ3n) is 2.99. The Hall–Kier alpha value is -0.680. The fourth-order valence-electron chi connectivity index (χ4n) is 2.03. The highest BCUT2D eigenvalue weighted by Gasteiger charge is 2.22. The SMILES string of the molecule is Cc1cccc(C(CN)C(O)c2ccc(Br)s2)c1. The number of benzene rings is 1. The van der Waals surface area contributed by atoms with Crippen LogP contribution in [0.3, 0.4) is 0 Å². The lowest BCUT2D eigenvalue weighted by atomic mass is 9.91. The Labute approximate surface area is 120 Å². The number of aryl methyl sites for hydroxylation is 1. The monoisotopic (exact) mass is 325 g/mol. The summed E-state index contributed by atoms with van der Waals surface area (Å²) in [7, 11) is 0. The molecule has 2 nitrogen and oxygen atoms in total. The number of aliphatic hydroxyl groups is 1. The van der Waals surface area contributed by atoms with E-state index in [4.69, 9.17) is 5.73 Å². The van der Waals surface area contributed by atoms with E-state index in [0.717, 1.165) is 14.2 Å². The first-order chi connectivity index (χ1) is 8.61. The molecule has 0 radical (unpaired) electrons. The Kier molecular flexibility index (Phi) is 4.56. The maximum Gasteiger partial charge on any atom is 0.0962 e. The van der Waals surface area contributed by atoms with Crippen molar-refractivity contribution in [3.8, 4) is 0 Å². The second-order valence-electron chi connectivity index (χ2n) is 4.34. The molecule has 1 heterocycles. The fourth-order valence-corrected chi connectivity index (χ4v) is 3.51. The van der Waals surface area contributed by atoms with Gasteiger partial charge in [0, 0.05) is 17.3 Å². The van der Waals surface area contributed by atoms with Crippen LogP contribution in [0.2, 0.25) is 0 Å². The van der Waals surface area contributed by atoms with Crippen molar-refractivity contribution in [1.29, 1.82) is 0 Å². The van der Waals surface area contributed by atoms with Crippen LogP contribution in [0.4, 0.5) is 0 Å². The first kappa shape index (κ1) is 13.7. The van der Waals surface area contributed by atoms with E-state index in [-0.39, 0.29) is 5.92 Å². The van der Waals surface area contributed by atoms with Gasteiger partial charge < -0.3 is 10.8 Å². The largest absolute Gasteiger partial charge is 0.387 e. The van der Waals surface area contributed by atoms with Crippen molar-refractivity contribution in [1.82, 2.24) is 0 Å². The molecule has 0 aliphatic carbocycles. The lowest BCUT2D eigenvalue weighted by Crippen LogP contribution is -2.19. The third kappa shape index (κ3) is 3.01. The molecule has 0 spiro atoms. The van der Waals surface area contributed by atoms with Gasteiger partial charge in [0.05, 0.1) is 9.89 Å². The Morgan fingerprint density at radius 1 is 1.33 bits per heavy atom. The van der Waals surface area contributed by atoms with Gasteiger partial charge in [0.15, 0.2) is 0 Å². The van der Waals surface area contributed by atoms with Gasteiger partial charge in [-0.25, -0.2) is 0 Å². The highest BCUT2D eigenvalue weighted by Crippen LogP contribution is 2.35. The number of hydrogen-bond acceptors (Lipinski definition) is 3. The van der Waals surface area contributed by atoms with Gasteiger partial charge in [-0.1, -0.05) is 29.8 Å². The van der Waals surface area contributed by atoms with Crippen LogP contribution in [0, 0.1) is 6.92 Å². The van der Waals surface area contributed by atoms with Crippen molar-refractivity contribution in [2.24, 2.45) is 5.73 Å². The van der Waals surface area contributed by atoms with Crippen LogP contribution in [0.5, 0.6) is 0 Å². The van der Waals surface area contributed by atoms with Crippen molar-refractivity contribution in [2.75, 3.05) is 6.54 Å². The standard InChI is InChI=1S/C14H16BrNOS/c1-9-3-2-4-10(7-9)11(8-16)14(17)12-5-6-13(15)18-12/h2-7,11,14,17H,8,16H2,1H3. The van der Waals surface area contributed by atoms with Gasteiger partial charge in [-0.2, -0.15) is 0 Å². The number of halogens is 1.